The van der Waals surface area contributed by atoms with Crippen molar-refractivity contribution >= 4 is 5.91 Å². The molecule has 118 valence electrons. The Balaban J connectivity index is 2.10. The van der Waals surface area contributed by atoms with Crippen molar-refractivity contribution in [3.8, 4) is 0 Å². The number of unbranched alkanes of at least 4 members (excludes halogenated alkanes) is 1. The summed E-state index contributed by atoms with van der Waals surface area (Å²) in [5, 5.41) is 0. The molecule has 0 spiro atoms. The average Bonchev–Trinajstić information content (AvgIpc) is 2.83. The lowest BCUT2D eigenvalue weighted by atomic mass is 9.92. The van der Waals surface area contributed by atoms with Gasteiger partial charge < -0.3 is 9.80 Å². The normalized spacial score (nSPS) is 21.1. The summed E-state index contributed by atoms with van der Waals surface area (Å²) in [6.07, 6.45) is 7.81. The highest BCUT2D eigenvalue weighted by molar-refractivity contribution is 5.72. The third-order valence-corrected chi connectivity index (χ3v) is 4.66. The van der Waals surface area contributed by atoms with Gasteiger partial charge in [0.15, 0.2) is 0 Å². The van der Waals surface area contributed by atoms with Gasteiger partial charge in [-0.25, -0.2) is 0 Å². The van der Waals surface area contributed by atoms with E-state index in [0.29, 0.717) is 0 Å². The third-order valence-electron chi connectivity index (χ3n) is 4.66. The van der Waals surface area contributed by atoms with E-state index in [1.54, 1.807) is 6.92 Å². The van der Waals surface area contributed by atoms with E-state index in [1.165, 1.54) is 51.7 Å². The van der Waals surface area contributed by atoms with E-state index >= 15 is 0 Å². The van der Waals surface area contributed by atoms with Gasteiger partial charge >= 0.3 is 0 Å². The molecule has 2 atom stereocenters. The summed E-state index contributed by atoms with van der Waals surface area (Å²) in [5.74, 6) is 1.89. The van der Waals surface area contributed by atoms with Gasteiger partial charge in [0, 0.05) is 27.1 Å². The highest BCUT2D eigenvalue weighted by atomic mass is 16.2. The molecule has 1 saturated heterocycles. The monoisotopic (exact) mass is 282 g/mol. The fourth-order valence-electron chi connectivity index (χ4n) is 3.21. The molecule has 0 N–H and O–H groups in total. The van der Waals surface area contributed by atoms with Crippen LogP contribution in [0.15, 0.2) is 0 Å². The van der Waals surface area contributed by atoms with E-state index < -0.39 is 0 Å². The smallest absolute Gasteiger partial charge is 0.219 e. The molecule has 0 saturated carbocycles. The summed E-state index contributed by atoms with van der Waals surface area (Å²) < 4.78 is 0. The standard InChI is InChI=1S/C17H34N2O/c1-5-6-11-19-12-9-17(14-19)13-15(2)8-7-10-18(4)16(3)20/h15,17H,5-14H2,1-4H3. The molecule has 0 radical (unpaired) electrons. The number of likely N-dealkylation sites (tertiary alicyclic amines) is 1. The van der Waals surface area contributed by atoms with Crippen LogP contribution in [0.5, 0.6) is 0 Å². The zero-order valence-corrected chi connectivity index (χ0v) is 14.0. The second-order valence-electron chi connectivity index (χ2n) is 6.73. The maximum atomic E-state index is 11.1. The molecule has 20 heavy (non-hydrogen) atoms. The molecule has 3 nitrogen and oxygen atoms in total. The number of carbonyl (C=O) groups excluding carboxylic acids is 1. The van der Waals surface area contributed by atoms with Crippen LogP contribution in [0.2, 0.25) is 0 Å². The molecule has 0 aromatic carbocycles. The zero-order chi connectivity index (χ0) is 15.0. The van der Waals surface area contributed by atoms with Gasteiger partial charge in [-0.15, -0.1) is 0 Å². The molecule has 1 heterocycles. The molecule has 0 bridgehead atoms. The van der Waals surface area contributed by atoms with Crippen LogP contribution in [-0.4, -0.2) is 48.9 Å². The molecule has 0 aromatic heterocycles. The van der Waals surface area contributed by atoms with Crippen LogP contribution in [0.3, 0.4) is 0 Å². The van der Waals surface area contributed by atoms with Crippen LogP contribution in [0.1, 0.15) is 59.3 Å². The molecule has 3 heteroatoms. The maximum Gasteiger partial charge on any atom is 0.219 e. The summed E-state index contributed by atoms with van der Waals surface area (Å²) >= 11 is 0. The van der Waals surface area contributed by atoms with E-state index in [1.807, 2.05) is 11.9 Å². The van der Waals surface area contributed by atoms with Crippen molar-refractivity contribution in [2.24, 2.45) is 11.8 Å². The molecule has 1 rings (SSSR count). The largest absolute Gasteiger partial charge is 0.346 e. The van der Waals surface area contributed by atoms with Gasteiger partial charge in [0.25, 0.3) is 0 Å². The van der Waals surface area contributed by atoms with Gasteiger partial charge in [0.05, 0.1) is 0 Å². The molecule has 1 aliphatic heterocycles. The van der Waals surface area contributed by atoms with Crippen molar-refractivity contribution in [2.45, 2.75) is 59.3 Å². The first kappa shape index (κ1) is 17.5. The molecular weight excluding hydrogens is 248 g/mol. The van der Waals surface area contributed by atoms with Crippen LogP contribution < -0.4 is 0 Å². The zero-order valence-electron chi connectivity index (χ0n) is 14.0. The number of amides is 1. The highest BCUT2D eigenvalue weighted by Gasteiger charge is 2.23. The number of hydrogen-bond donors (Lipinski definition) is 0. The first-order chi connectivity index (χ1) is 9.52. The van der Waals surface area contributed by atoms with Crippen molar-refractivity contribution in [3.05, 3.63) is 0 Å². The van der Waals surface area contributed by atoms with E-state index in [4.69, 9.17) is 0 Å². The van der Waals surface area contributed by atoms with Crippen LogP contribution in [-0.2, 0) is 4.79 Å². The van der Waals surface area contributed by atoms with Crippen LogP contribution >= 0.6 is 0 Å². The van der Waals surface area contributed by atoms with E-state index in [0.717, 1.165) is 24.8 Å². The Hall–Kier alpha value is -0.570. The van der Waals surface area contributed by atoms with Crippen LogP contribution in [0, 0.1) is 11.8 Å². The Morgan fingerprint density at radius 3 is 2.80 bits per heavy atom. The second kappa shape index (κ2) is 9.38. The van der Waals surface area contributed by atoms with Gasteiger partial charge in [-0.05, 0) is 57.0 Å². The lowest BCUT2D eigenvalue weighted by Gasteiger charge is -2.20. The Kier molecular flexibility index (Phi) is 8.20. The van der Waals surface area contributed by atoms with E-state index in [9.17, 15) is 4.79 Å². The lowest BCUT2D eigenvalue weighted by molar-refractivity contribution is -0.127. The number of nitrogens with zero attached hydrogens (tertiary/aromatic N) is 2. The summed E-state index contributed by atoms with van der Waals surface area (Å²) in [6.45, 7) is 11.1. The highest BCUT2D eigenvalue weighted by Crippen LogP contribution is 2.25. The van der Waals surface area contributed by atoms with Crippen LogP contribution in [0.25, 0.3) is 0 Å². The second-order valence-corrected chi connectivity index (χ2v) is 6.73. The van der Waals surface area contributed by atoms with Crippen molar-refractivity contribution in [2.75, 3.05) is 33.2 Å². The molecule has 1 amide bonds. The molecule has 2 unspecified atom stereocenters. The van der Waals surface area contributed by atoms with Gasteiger partial charge in [0.1, 0.15) is 0 Å². The topological polar surface area (TPSA) is 23.6 Å². The average molecular weight is 282 g/mol. The number of rotatable bonds is 9. The quantitative estimate of drug-likeness (QED) is 0.647. The summed E-state index contributed by atoms with van der Waals surface area (Å²) in [4.78, 5) is 15.6. The summed E-state index contributed by atoms with van der Waals surface area (Å²) in [7, 11) is 1.90. The first-order valence-corrected chi connectivity index (χ1v) is 8.47. The Bertz CT molecular complexity index is 280. The Morgan fingerprint density at radius 2 is 2.15 bits per heavy atom. The SMILES string of the molecule is CCCCN1CCC(CC(C)CCCN(C)C(C)=O)C1. The van der Waals surface area contributed by atoms with Gasteiger partial charge in [-0.1, -0.05) is 20.3 Å². The third kappa shape index (κ3) is 6.74. The lowest BCUT2D eigenvalue weighted by Crippen LogP contribution is -2.25. The summed E-state index contributed by atoms with van der Waals surface area (Å²) in [5.41, 5.74) is 0. The molecule has 0 aliphatic carbocycles. The fourth-order valence-corrected chi connectivity index (χ4v) is 3.21. The van der Waals surface area contributed by atoms with Crippen molar-refractivity contribution < 1.29 is 4.79 Å². The minimum absolute atomic E-state index is 0.181. The number of hydrogen-bond acceptors (Lipinski definition) is 2. The van der Waals surface area contributed by atoms with Crippen molar-refractivity contribution in [1.82, 2.24) is 9.80 Å². The predicted molar refractivity (Wildman–Crippen MR) is 85.8 cm³/mol. The van der Waals surface area contributed by atoms with Gasteiger partial charge in [0.2, 0.25) is 5.91 Å². The predicted octanol–water partition coefficient (Wildman–Crippen LogP) is 3.39. The van der Waals surface area contributed by atoms with Gasteiger partial charge in [-0.3, -0.25) is 4.79 Å². The first-order valence-electron chi connectivity index (χ1n) is 8.47. The van der Waals surface area contributed by atoms with Crippen molar-refractivity contribution in [1.29, 1.82) is 0 Å². The molecule has 1 fully saturated rings. The Morgan fingerprint density at radius 1 is 1.40 bits per heavy atom. The molecule has 1 aliphatic rings. The minimum atomic E-state index is 0.181. The van der Waals surface area contributed by atoms with E-state index in [2.05, 4.69) is 18.7 Å². The fraction of sp³-hybridized carbons (Fsp3) is 0.941. The minimum Gasteiger partial charge on any atom is -0.346 e. The van der Waals surface area contributed by atoms with Crippen molar-refractivity contribution in [3.63, 3.8) is 0 Å². The molecule has 0 aromatic rings. The maximum absolute atomic E-state index is 11.1. The van der Waals surface area contributed by atoms with E-state index in [-0.39, 0.29) is 5.91 Å². The summed E-state index contributed by atoms with van der Waals surface area (Å²) in [6, 6.07) is 0. The number of carbonyl (C=O) groups is 1. The Labute approximate surface area is 125 Å². The molecular formula is C17H34N2O. The van der Waals surface area contributed by atoms with Crippen LogP contribution in [0.4, 0.5) is 0 Å². The van der Waals surface area contributed by atoms with Gasteiger partial charge in [-0.2, -0.15) is 0 Å².